The number of rotatable bonds is 4. The molecule has 1 aliphatic rings. The van der Waals surface area contributed by atoms with Gasteiger partial charge in [-0.2, -0.15) is 0 Å². The van der Waals surface area contributed by atoms with E-state index < -0.39 is 27.4 Å². The fraction of sp³-hybridized carbons (Fsp3) is 0.235. The van der Waals surface area contributed by atoms with Crippen molar-refractivity contribution in [1.82, 2.24) is 0 Å². The predicted octanol–water partition coefficient (Wildman–Crippen LogP) is 3.95. The Morgan fingerprint density at radius 3 is 2.50 bits per heavy atom. The van der Waals surface area contributed by atoms with Gasteiger partial charge in [-0.1, -0.05) is 30.3 Å². The number of nitro benzene ring substituents is 1. The van der Waals surface area contributed by atoms with Crippen molar-refractivity contribution in [2.45, 2.75) is 12.3 Å². The molecule has 1 unspecified atom stereocenters. The molecular weight excluding hydrogens is 360 g/mol. The topological polar surface area (TPSA) is 124 Å². The van der Waals surface area contributed by atoms with Gasteiger partial charge in [0.05, 0.1) is 21.9 Å². The highest BCUT2D eigenvalue weighted by atomic mass is 32.3. The SMILES string of the molecule is O=C(O)c1cc(N2CC(c3ccccc3)CCS2(O)O)cc([N+](=O)[O-])c1. The number of hydrogen-bond acceptors (Lipinski definition) is 6. The zero-order chi connectivity index (χ0) is 18.9. The quantitative estimate of drug-likeness (QED) is 0.543. The largest absolute Gasteiger partial charge is 0.478 e. The van der Waals surface area contributed by atoms with Gasteiger partial charge in [0.2, 0.25) is 0 Å². The molecule has 26 heavy (non-hydrogen) atoms. The Balaban J connectivity index is 2.01. The molecule has 0 saturated carbocycles. The van der Waals surface area contributed by atoms with Crippen LogP contribution >= 0.6 is 10.8 Å². The van der Waals surface area contributed by atoms with Crippen LogP contribution in [0.15, 0.2) is 48.5 Å². The normalized spacial score (nSPS) is 20.4. The van der Waals surface area contributed by atoms with Crippen LogP contribution in [0.3, 0.4) is 0 Å². The zero-order valence-electron chi connectivity index (χ0n) is 13.7. The minimum absolute atomic E-state index is 0.00339. The third-order valence-corrected chi connectivity index (χ3v) is 6.25. The fourth-order valence-electron chi connectivity index (χ4n) is 3.06. The first-order chi connectivity index (χ1) is 12.3. The van der Waals surface area contributed by atoms with Gasteiger partial charge in [-0.05, 0) is 18.1 Å². The summed E-state index contributed by atoms with van der Waals surface area (Å²) in [6.45, 7) is 0.229. The molecule has 1 fully saturated rings. The summed E-state index contributed by atoms with van der Waals surface area (Å²) in [6, 6.07) is 12.9. The average Bonchev–Trinajstić information content (AvgIpc) is 2.61. The molecule has 9 heteroatoms. The lowest BCUT2D eigenvalue weighted by Crippen LogP contribution is -2.38. The fourth-order valence-corrected chi connectivity index (χ4v) is 4.74. The monoisotopic (exact) mass is 378 g/mol. The Bertz CT molecular complexity index is 810. The summed E-state index contributed by atoms with van der Waals surface area (Å²) < 4.78 is 22.2. The van der Waals surface area contributed by atoms with Crippen molar-refractivity contribution < 1.29 is 23.9 Å². The molecule has 0 aromatic heterocycles. The van der Waals surface area contributed by atoms with Gasteiger partial charge >= 0.3 is 5.97 Å². The molecule has 0 radical (unpaired) electrons. The van der Waals surface area contributed by atoms with E-state index in [1.807, 2.05) is 30.3 Å². The molecule has 0 bridgehead atoms. The number of non-ortho nitro benzene ring substituents is 1. The van der Waals surface area contributed by atoms with Gasteiger partial charge in [0.1, 0.15) is 0 Å². The van der Waals surface area contributed by atoms with Gasteiger partial charge in [-0.15, -0.1) is 10.8 Å². The number of carboxylic acids is 1. The van der Waals surface area contributed by atoms with Gasteiger partial charge in [-0.3, -0.25) is 23.5 Å². The third-order valence-electron chi connectivity index (χ3n) is 4.40. The predicted molar refractivity (Wildman–Crippen MR) is 98.9 cm³/mol. The molecule has 1 aliphatic heterocycles. The van der Waals surface area contributed by atoms with Crippen molar-refractivity contribution >= 4 is 28.1 Å². The molecule has 3 N–H and O–H groups in total. The summed E-state index contributed by atoms with van der Waals surface area (Å²) >= 11 is 0. The summed E-state index contributed by atoms with van der Waals surface area (Å²) in [4.78, 5) is 21.7. The molecule has 3 rings (SSSR count). The first kappa shape index (κ1) is 18.2. The summed E-state index contributed by atoms with van der Waals surface area (Å²) in [5.74, 6) is -1.20. The number of nitro groups is 1. The number of hydrogen-bond donors (Lipinski definition) is 3. The van der Waals surface area contributed by atoms with E-state index in [4.69, 9.17) is 0 Å². The minimum atomic E-state index is -3.18. The molecule has 2 aromatic rings. The van der Waals surface area contributed by atoms with Crippen LogP contribution in [-0.4, -0.2) is 37.4 Å². The van der Waals surface area contributed by atoms with Gasteiger partial charge in [0, 0.05) is 24.6 Å². The second-order valence-electron chi connectivity index (χ2n) is 6.09. The lowest BCUT2D eigenvalue weighted by atomic mass is 9.96. The Morgan fingerprint density at radius 1 is 1.19 bits per heavy atom. The molecule has 1 heterocycles. The molecular formula is C17H18N2O6S. The maximum Gasteiger partial charge on any atom is 0.336 e. The highest BCUT2D eigenvalue weighted by Crippen LogP contribution is 2.52. The van der Waals surface area contributed by atoms with Crippen molar-refractivity contribution in [1.29, 1.82) is 0 Å². The number of benzene rings is 2. The number of carboxylic acid groups (broad SMARTS) is 1. The van der Waals surface area contributed by atoms with Crippen molar-refractivity contribution in [3.05, 3.63) is 69.8 Å². The van der Waals surface area contributed by atoms with Gasteiger partial charge in [-0.25, -0.2) is 4.79 Å². The summed E-state index contributed by atoms with van der Waals surface area (Å²) in [7, 11) is -3.18. The first-order valence-corrected chi connectivity index (χ1v) is 9.56. The van der Waals surface area contributed by atoms with Crippen LogP contribution in [0, 0.1) is 10.1 Å². The third kappa shape index (κ3) is 3.64. The van der Waals surface area contributed by atoms with E-state index >= 15 is 0 Å². The standard InChI is InChI=1S/C17H18N2O6S/c20-17(21)14-8-15(10-16(9-14)19(22)23)18-11-13(6-7-26(18,24)25)12-4-2-1-3-5-12/h1-5,8-10,13,24-25H,6-7,11H2,(H,20,21). The van der Waals surface area contributed by atoms with Crippen molar-refractivity contribution in [3.8, 4) is 0 Å². The second-order valence-corrected chi connectivity index (χ2v) is 8.21. The lowest BCUT2D eigenvalue weighted by Gasteiger charge is -2.50. The lowest BCUT2D eigenvalue weighted by molar-refractivity contribution is -0.384. The number of carbonyl (C=O) groups is 1. The van der Waals surface area contributed by atoms with E-state index in [0.29, 0.717) is 6.42 Å². The highest BCUT2D eigenvalue weighted by molar-refractivity contribution is 8.25. The second kappa shape index (κ2) is 6.94. The minimum Gasteiger partial charge on any atom is -0.478 e. The molecule has 0 amide bonds. The summed E-state index contributed by atoms with van der Waals surface area (Å²) in [5.41, 5.74) is 0.469. The molecule has 1 saturated heterocycles. The summed E-state index contributed by atoms with van der Waals surface area (Å²) in [5, 5.41) is 20.3. The van der Waals surface area contributed by atoms with Crippen molar-refractivity contribution in [2.75, 3.05) is 16.6 Å². The van der Waals surface area contributed by atoms with Gasteiger partial charge < -0.3 is 5.11 Å². The van der Waals surface area contributed by atoms with Crippen molar-refractivity contribution in [2.24, 2.45) is 0 Å². The van der Waals surface area contributed by atoms with Crippen LogP contribution in [-0.2, 0) is 0 Å². The van der Waals surface area contributed by atoms with Crippen LogP contribution < -0.4 is 4.31 Å². The van der Waals surface area contributed by atoms with Crippen molar-refractivity contribution in [3.63, 3.8) is 0 Å². The molecule has 8 nitrogen and oxygen atoms in total. The van der Waals surface area contributed by atoms with Crippen LogP contribution in [0.1, 0.15) is 28.3 Å². The van der Waals surface area contributed by atoms with Crippen LogP contribution in [0.5, 0.6) is 0 Å². The molecule has 2 aromatic carbocycles. The molecule has 0 spiro atoms. The Hall–Kier alpha value is -2.62. The maximum atomic E-state index is 11.3. The summed E-state index contributed by atoms with van der Waals surface area (Å²) in [6.07, 6.45) is 0.559. The van der Waals surface area contributed by atoms with E-state index in [0.717, 1.165) is 11.6 Å². The first-order valence-electron chi connectivity index (χ1n) is 7.89. The van der Waals surface area contributed by atoms with E-state index in [2.05, 4.69) is 0 Å². The zero-order valence-corrected chi connectivity index (χ0v) is 14.5. The highest BCUT2D eigenvalue weighted by Gasteiger charge is 2.34. The van der Waals surface area contributed by atoms with E-state index in [1.54, 1.807) is 0 Å². The van der Waals surface area contributed by atoms with Gasteiger partial charge in [0.15, 0.2) is 0 Å². The Labute approximate surface area is 151 Å². The molecule has 0 aliphatic carbocycles. The molecule has 1 atom stereocenters. The Kier molecular flexibility index (Phi) is 4.86. The van der Waals surface area contributed by atoms with E-state index in [9.17, 15) is 29.1 Å². The number of aromatic carboxylic acids is 1. The Morgan fingerprint density at radius 2 is 1.88 bits per heavy atom. The maximum absolute atomic E-state index is 11.3. The number of nitrogens with zero attached hydrogens (tertiary/aromatic N) is 2. The smallest absolute Gasteiger partial charge is 0.336 e. The van der Waals surface area contributed by atoms with Gasteiger partial charge in [0.25, 0.3) is 5.69 Å². The molecule has 138 valence electrons. The van der Waals surface area contributed by atoms with Crippen LogP contribution in [0.4, 0.5) is 11.4 Å². The van der Waals surface area contributed by atoms with E-state index in [1.165, 1.54) is 16.4 Å². The average molecular weight is 378 g/mol. The van der Waals surface area contributed by atoms with Crippen LogP contribution in [0.2, 0.25) is 0 Å². The van der Waals surface area contributed by atoms with Crippen LogP contribution in [0.25, 0.3) is 0 Å². The number of anilines is 1. The van der Waals surface area contributed by atoms with E-state index in [-0.39, 0.29) is 29.5 Å².